The van der Waals surface area contributed by atoms with Crippen molar-refractivity contribution in [2.24, 2.45) is 5.92 Å². The highest BCUT2D eigenvalue weighted by Gasteiger charge is 2.32. The average molecular weight is 270 g/mol. The molecule has 3 nitrogen and oxygen atoms in total. The van der Waals surface area contributed by atoms with E-state index in [1.54, 1.807) is 7.11 Å². The van der Waals surface area contributed by atoms with E-state index in [4.69, 9.17) is 21.1 Å². The van der Waals surface area contributed by atoms with Crippen LogP contribution in [-0.4, -0.2) is 26.9 Å². The first-order valence-electron chi connectivity index (χ1n) is 6.29. The summed E-state index contributed by atoms with van der Waals surface area (Å²) in [7, 11) is 3.58. The number of benzene rings is 1. The molecule has 18 heavy (non-hydrogen) atoms. The summed E-state index contributed by atoms with van der Waals surface area (Å²) >= 11 is 6.18. The second kappa shape index (κ2) is 5.91. The molecule has 1 aliphatic rings. The number of methoxy groups -OCH3 is 1. The zero-order valence-electron chi connectivity index (χ0n) is 11.1. The van der Waals surface area contributed by atoms with E-state index in [2.05, 4.69) is 12.2 Å². The van der Waals surface area contributed by atoms with Crippen molar-refractivity contribution in [1.82, 2.24) is 5.32 Å². The lowest BCUT2D eigenvalue weighted by molar-refractivity contribution is 0.0631. The Hall–Kier alpha value is -0.770. The molecule has 0 amide bonds. The van der Waals surface area contributed by atoms with Crippen molar-refractivity contribution in [3.63, 3.8) is 0 Å². The van der Waals surface area contributed by atoms with E-state index in [1.807, 2.05) is 25.2 Å². The highest BCUT2D eigenvalue weighted by Crippen LogP contribution is 2.34. The van der Waals surface area contributed by atoms with Crippen molar-refractivity contribution in [2.45, 2.75) is 25.5 Å². The molecule has 1 fully saturated rings. The van der Waals surface area contributed by atoms with E-state index < -0.39 is 0 Å². The molecule has 0 saturated carbocycles. The minimum absolute atomic E-state index is 0.172. The molecule has 1 saturated heterocycles. The number of likely N-dealkylation sites (N-methyl/N-ethyl adjacent to an activating group) is 1. The molecule has 1 aliphatic heterocycles. The van der Waals surface area contributed by atoms with Crippen LogP contribution >= 0.6 is 11.6 Å². The van der Waals surface area contributed by atoms with E-state index in [-0.39, 0.29) is 12.1 Å². The molecular formula is C14H20ClNO2. The maximum Gasteiger partial charge on any atom is 0.137 e. The molecule has 1 heterocycles. The number of ether oxygens (including phenoxy) is 2. The number of hydrogen-bond acceptors (Lipinski definition) is 3. The molecule has 3 atom stereocenters. The van der Waals surface area contributed by atoms with Gasteiger partial charge in [-0.05, 0) is 37.1 Å². The lowest BCUT2D eigenvalue weighted by atomic mass is 9.92. The van der Waals surface area contributed by atoms with Crippen molar-refractivity contribution in [3.05, 3.63) is 28.8 Å². The third-order valence-corrected chi connectivity index (χ3v) is 3.91. The standard InChI is InChI=1S/C14H20ClNO2/c1-9-6-7-18-14(9)13(16-2)10-4-5-12(17-3)11(15)8-10/h4-5,8-9,13-14,16H,6-7H2,1-3H3. The topological polar surface area (TPSA) is 30.5 Å². The Kier molecular flexibility index (Phi) is 4.49. The van der Waals surface area contributed by atoms with Gasteiger partial charge in [0.25, 0.3) is 0 Å². The first-order valence-corrected chi connectivity index (χ1v) is 6.67. The van der Waals surface area contributed by atoms with Gasteiger partial charge >= 0.3 is 0 Å². The predicted molar refractivity (Wildman–Crippen MR) is 73.3 cm³/mol. The Labute approximate surface area is 113 Å². The normalized spacial score (nSPS) is 25.1. The van der Waals surface area contributed by atoms with E-state index in [0.717, 1.165) is 18.6 Å². The molecule has 4 heteroatoms. The molecule has 1 aromatic carbocycles. The Morgan fingerprint density at radius 2 is 2.28 bits per heavy atom. The number of nitrogens with one attached hydrogen (secondary N) is 1. The Morgan fingerprint density at radius 1 is 1.50 bits per heavy atom. The van der Waals surface area contributed by atoms with E-state index in [9.17, 15) is 0 Å². The van der Waals surface area contributed by atoms with Crippen LogP contribution < -0.4 is 10.1 Å². The largest absolute Gasteiger partial charge is 0.495 e. The second-order valence-corrected chi connectivity index (χ2v) is 5.17. The van der Waals surface area contributed by atoms with E-state index in [0.29, 0.717) is 16.7 Å². The van der Waals surface area contributed by atoms with Gasteiger partial charge in [0, 0.05) is 6.61 Å². The monoisotopic (exact) mass is 269 g/mol. The molecule has 0 bridgehead atoms. The molecule has 100 valence electrons. The third kappa shape index (κ3) is 2.63. The Balaban J connectivity index is 2.24. The van der Waals surface area contributed by atoms with Gasteiger partial charge in [-0.2, -0.15) is 0 Å². The lowest BCUT2D eigenvalue weighted by Crippen LogP contribution is -2.32. The van der Waals surface area contributed by atoms with Gasteiger partial charge in [-0.25, -0.2) is 0 Å². The van der Waals surface area contributed by atoms with Gasteiger partial charge in [0.05, 0.1) is 24.3 Å². The van der Waals surface area contributed by atoms with Crippen LogP contribution in [0.1, 0.15) is 24.9 Å². The fraction of sp³-hybridized carbons (Fsp3) is 0.571. The van der Waals surface area contributed by atoms with Gasteiger partial charge in [0.2, 0.25) is 0 Å². The first-order chi connectivity index (χ1) is 8.67. The van der Waals surface area contributed by atoms with Crippen molar-refractivity contribution in [3.8, 4) is 5.75 Å². The van der Waals surface area contributed by atoms with Crippen LogP contribution in [0.2, 0.25) is 5.02 Å². The first kappa shape index (κ1) is 13.7. The lowest BCUT2D eigenvalue weighted by Gasteiger charge is -2.26. The van der Waals surface area contributed by atoms with Crippen LogP contribution in [0.25, 0.3) is 0 Å². The van der Waals surface area contributed by atoms with Crippen LogP contribution in [0, 0.1) is 5.92 Å². The molecule has 2 rings (SSSR count). The van der Waals surface area contributed by atoms with Gasteiger partial charge in [0.1, 0.15) is 5.75 Å². The number of halogens is 1. The summed E-state index contributed by atoms with van der Waals surface area (Å²) in [5.41, 5.74) is 1.14. The van der Waals surface area contributed by atoms with Crippen molar-refractivity contribution in [2.75, 3.05) is 20.8 Å². The van der Waals surface area contributed by atoms with Gasteiger partial charge in [0.15, 0.2) is 0 Å². The summed E-state index contributed by atoms with van der Waals surface area (Å²) in [4.78, 5) is 0. The van der Waals surface area contributed by atoms with E-state index >= 15 is 0 Å². The Bertz CT molecular complexity index is 411. The van der Waals surface area contributed by atoms with E-state index in [1.165, 1.54) is 0 Å². The minimum Gasteiger partial charge on any atom is -0.495 e. The summed E-state index contributed by atoms with van der Waals surface area (Å²) in [6, 6.07) is 6.07. The smallest absolute Gasteiger partial charge is 0.137 e. The van der Waals surface area contributed by atoms with Crippen molar-refractivity contribution < 1.29 is 9.47 Å². The summed E-state index contributed by atoms with van der Waals surface area (Å²) in [6.45, 7) is 3.07. The van der Waals surface area contributed by atoms with Gasteiger partial charge in [-0.1, -0.05) is 24.6 Å². The highest BCUT2D eigenvalue weighted by molar-refractivity contribution is 6.32. The average Bonchev–Trinajstić information content (AvgIpc) is 2.77. The minimum atomic E-state index is 0.172. The molecule has 1 aromatic rings. The maximum absolute atomic E-state index is 6.18. The van der Waals surface area contributed by atoms with Crippen LogP contribution in [0.5, 0.6) is 5.75 Å². The van der Waals surface area contributed by atoms with Crippen molar-refractivity contribution in [1.29, 1.82) is 0 Å². The summed E-state index contributed by atoms with van der Waals surface area (Å²) in [5, 5.41) is 3.97. The zero-order chi connectivity index (χ0) is 13.1. The third-order valence-electron chi connectivity index (χ3n) is 3.62. The summed E-state index contributed by atoms with van der Waals surface area (Å²) in [6.07, 6.45) is 1.33. The fourth-order valence-electron chi connectivity index (χ4n) is 2.54. The SMILES string of the molecule is CNC(c1ccc(OC)c(Cl)c1)C1OCCC1C. The van der Waals surface area contributed by atoms with Crippen LogP contribution in [0.3, 0.4) is 0 Å². The van der Waals surface area contributed by atoms with Crippen LogP contribution in [0.15, 0.2) is 18.2 Å². The molecular weight excluding hydrogens is 250 g/mol. The number of rotatable bonds is 4. The van der Waals surface area contributed by atoms with Gasteiger partial charge in [-0.3, -0.25) is 0 Å². The van der Waals surface area contributed by atoms with Gasteiger partial charge in [-0.15, -0.1) is 0 Å². The fourth-order valence-corrected chi connectivity index (χ4v) is 2.81. The van der Waals surface area contributed by atoms with Gasteiger partial charge < -0.3 is 14.8 Å². The predicted octanol–water partition coefficient (Wildman–Crippen LogP) is 3.03. The van der Waals surface area contributed by atoms with Crippen LogP contribution in [-0.2, 0) is 4.74 Å². The van der Waals surface area contributed by atoms with Crippen LogP contribution in [0.4, 0.5) is 0 Å². The highest BCUT2D eigenvalue weighted by atomic mass is 35.5. The molecule has 1 N–H and O–H groups in total. The molecule has 0 aliphatic carbocycles. The molecule has 0 radical (unpaired) electrons. The molecule has 0 aromatic heterocycles. The summed E-state index contributed by atoms with van der Waals surface area (Å²) < 4.78 is 11.0. The summed E-state index contributed by atoms with van der Waals surface area (Å²) in [5.74, 6) is 1.26. The Morgan fingerprint density at radius 3 is 2.78 bits per heavy atom. The number of hydrogen-bond donors (Lipinski definition) is 1. The molecule has 3 unspecified atom stereocenters. The second-order valence-electron chi connectivity index (χ2n) is 4.76. The maximum atomic E-state index is 6.18. The molecule has 0 spiro atoms. The quantitative estimate of drug-likeness (QED) is 0.911. The van der Waals surface area contributed by atoms with Crippen molar-refractivity contribution >= 4 is 11.6 Å². The zero-order valence-corrected chi connectivity index (χ0v) is 11.8.